The molecule has 0 saturated heterocycles. The summed E-state index contributed by atoms with van der Waals surface area (Å²) in [5.74, 6) is 3.08. The standard InChI is InChI=1S/C17H15F4NO2/c1-2-14-15(23)22-13-6-5-11(18)9-12(13)16(24-14,17(19,20)21)8-7-10-3-4-10/h5-6,9-10,14H,2-4H2,1H3,(H,22,23)/t14-,16-/m1/s1. The molecule has 1 N–H and O–H groups in total. The van der Waals surface area contributed by atoms with Crippen LogP contribution in [0.3, 0.4) is 0 Å². The lowest BCUT2D eigenvalue weighted by Crippen LogP contribution is -2.46. The summed E-state index contributed by atoms with van der Waals surface area (Å²) >= 11 is 0. The summed E-state index contributed by atoms with van der Waals surface area (Å²) in [5, 5.41) is 2.38. The Balaban J connectivity index is 2.25. The molecule has 3 rings (SSSR count). The summed E-state index contributed by atoms with van der Waals surface area (Å²) in [6, 6.07) is 2.81. The maximum Gasteiger partial charge on any atom is 0.433 e. The van der Waals surface area contributed by atoms with E-state index in [9.17, 15) is 22.4 Å². The Labute approximate surface area is 136 Å². The summed E-state index contributed by atoms with van der Waals surface area (Å²) in [4.78, 5) is 12.1. The van der Waals surface area contributed by atoms with Crippen molar-refractivity contribution in [2.24, 2.45) is 5.92 Å². The van der Waals surface area contributed by atoms with Gasteiger partial charge in [0.15, 0.2) is 0 Å². The molecule has 1 amide bonds. The van der Waals surface area contributed by atoms with E-state index in [1.165, 1.54) is 6.92 Å². The van der Waals surface area contributed by atoms with E-state index >= 15 is 0 Å². The highest BCUT2D eigenvalue weighted by Gasteiger charge is 2.60. The van der Waals surface area contributed by atoms with Crippen LogP contribution in [0.2, 0.25) is 0 Å². The molecule has 2 atom stereocenters. The molecule has 1 heterocycles. The number of ether oxygens (including phenoxy) is 1. The maximum atomic E-state index is 14.0. The molecule has 7 heteroatoms. The Morgan fingerprint density at radius 1 is 1.38 bits per heavy atom. The van der Waals surface area contributed by atoms with E-state index in [0.29, 0.717) is 0 Å². The second-order valence-corrected chi connectivity index (χ2v) is 5.92. The van der Waals surface area contributed by atoms with Crippen molar-refractivity contribution in [3.05, 3.63) is 29.6 Å². The quantitative estimate of drug-likeness (QED) is 0.624. The molecule has 0 bridgehead atoms. The first-order chi connectivity index (χ1) is 11.3. The van der Waals surface area contributed by atoms with Gasteiger partial charge in [0.1, 0.15) is 11.9 Å². The molecule has 1 aliphatic heterocycles. The Morgan fingerprint density at radius 2 is 2.08 bits per heavy atom. The number of alkyl halides is 3. The topological polar surface area (TPSA) is 38.3 Å². The van der Waals surface area contributed by atoms with Gasteiger partial charge in [0.05, 0.1) is 0 Å². The molecule has 0 radical (unpaired) electrons. The van der Waals surface area contributed by atoms with Crippen molar-refractivity contribution in [1.29, 1.82) is 0 Å². The number of benzene rings is 1. The molecule has 1 saturated carbocycles. The van der Waals surface area contributed by atoms with Gasteiger partial charge in [-0.05, 0) is 37.5 Å². The minimum Gasteiger partial charge on any atom is -0.337 e. The number of carbonyl (C=O) groups is 1. The Kier molecular flexibility index (Phi) is 4.04. The number of hydrogen-bond donors (Lipinski definition) is 1. The highest BCUT2D eigenvalue weighted by molar-refractivity contribution is 5.96. The van der Waals surface area contributed by atoms with Crippen LogP contribution in [0.1, 0.15) is 31.7 Å². The highest BCUT2D eigenvalue weighted by Crippen LogP contribution is 2.47. The summed E-state index contributed by atoms with van der Waals surface area (Å²) in [7, 11) is 0. The minimum absolute atomic E-state index is 0.0330. The van der Waals surface area contributed by atoms with Crippen LogP contribution in [0.5, 0.6) is 0 Å². The summed E-state index contributed by atoms with van der Waals surface area (Å²) in [6.07, 6.45) is -4.78. The van der Waals surface area contributed by atoms with Crippen LogP contribution in [0.25, 0.3) is 0 Å². The number of rotatable bonds is 1. The van der Waals surface area contributed by atoms with Crippen LogP contribution in [0.15, 0.2) is 18.2 Å². The SMILES string of the molecule is CC[C@H]1O[C@@](C#CC2CC2)(C(F)(F)F)c2cc(F)ccc2NC1=O. The Bertz CT molecular complexity index is 730. The summed E-state index contributed by atoms with van der Waals surface area (Å²) < 4.78 is 60.9. The monoisotopic (exact) mass is 341 g/mol. The van der Waals surface area contributed by atoms with Gasteiger partial charge in [-0.3, -0.25) is 4.79 Å². The third-order valence-corrected chi connectivity index (χ3v) is 4.03. The van der Waals surface area contributed by atoms with Crippen LogP contribution in [-0.2, 0) is 15.1 Å². The molecule has 0 spiro atoms. The van der Waals surface area contributed by atoms with E-state index in [1.54, 1.807) is 0 Å². The normalized spacial score (nSPS) is 26.7. The molecule has 1 fully saturated rings. The molecule has 128 valence electrons. The minimum atomic E-state index is -4.93. The van der Waals surface area contributed by atoms with Crippen molar-refractivity contribution in [1.82, 2.24) is 0 Å². The summed E-state index contributed by atoms with van der Waals surface area (Å²) in [6.45, 7) is 1.54. The highest BCUT2D eigenvalue weighted by atomic mass is 19.4. The van der Waals surface area contributed by atoms with Gasteiger partial charge in [0, 0.05) is 17.2 Å². The number of anilines is 1. The molecule has 1 aromatic carbocycles. The van der Waals surface area contributed by atoms with Crippen molar-refractivity contribution in [2.75, 3.05) is 5.32 Å². The second-order valence-electron chi connectivity index (χ2n) is 5.92. The largest absolute Gasteiger partial charge is 0.433 e. The molecule has 3 nitrogen and oxygen atoms in total. The van der Waals surface area contributed by atoms with Gasteiger partial charge >= 0.3 is 6.18 Å². The predicted molar refractivity (Wildman–Crippen MR) is 78.4 cm³/mol. The van der Waals surface area contributed by atoms with E-state index in [1.807, 2.05) is 0 Å². The first kappa shape index (κ1) is 16.8. The van der Waals surface area contributed by atoms with E-state index in [2.05, 4.69) is 17.2 Å². The number of nitrogens with one attached hydrogen (secondary N) is 1. The lowest BCUT2D eigenvalue weighted by atomic mass is 9.91. The van der Waals surface area contributed by atoms with Gasteiger partial charge in [-0.1, -0.05) is 18.8 Å². The Morgan fingerprint density at radius 3 is 2.67 bits per heavy atom. The number of hydrogen-bond acceptors (Lipinski definition) is 2. The molecule has 2 aliphatic rings. The van der Waals surface area contributed by atoms with E-state index < -0.39 is 35.2 Å². The Hall–Kier alpha value is -2.07. The first-order valence-electron chi connectivity index (χ1n) is 7.65. The zero-order chi connectivity index (χ0) is 17.5. The van der Waals surface area contributed by atoms with Crippen LogP contribution in [0, 0.1) is 23.6 Å². The van der Waals surface area contributed by atoms with Gasteiger partial charge in [0.2, 0.25) is 0 Å². The molecule has 24 heavy (non-hydrogen) atoms. The van der Waals surface area contributed by atoms with E-state index in [4.69, 9.17) is 4.74 Å². The van der Waals surface area contributed by atoms with Gasteiger partial charge in [-0.15, -0.1) is 0 Å². The molecule has 1 aromatic rings. The fourth-order valence-electron chi connectivity index (χ4n) is 2.55. The predicted octanol–water partition coefficient (Wildman–Crippen LogP) is 3.74. The van der Waals surface area contributed by atoms with Crippen molar-refractivity contribution in [2.45, 2.75) is 44.1 Å². The van der Waals surface area contributed by atoms with Crippen LogP contribution >= 0.6 is 0 Å². The number of fused-ring (bicyclic) bond motifs is 1. The van der Waals surface area contributed by atoms with Gasteiger partial charge in [-0.25, -0.2) is 4.39 Å². The second kappa shape index (κ2) is 5.78. The zero-order valence-corrected chi connectivity index (χ0v) is 12.8. The van der Waals surface area contributed by atoms with E-state index in [-0.39, 0.29) is 18.0 Å². The first-order valence-corrected chi connectivity index (χ1v) is 7.65. The fourth-order valence-corrected chi connectivity index (χ4v) is 2.55. The molecular weight excluding hydrogens is 326 g/mol. The van der Waals surface area contributed by atoms with Gasteiger partial charge in [0.25, 0.3) is 11.5 Å². The van der Waals surface area contributed by atoms with Crippen LogP contribution in [0.4, 0.5) is 23.2 Å². The molecule has 1 aliphatic carbocycles. The van der Waals surface area contributed by atoms with Gasteiger partial charge < -0.3 is 10.1 Å². The van der Waals surface area contributed by atoms with Crippen molar-refractivity contribution >= 4 is 11.6 Å². The van der Waals surface area contributed by atoms with E-state index in [0.717, 1.165) is 31.0 Å². The maximum absolute atomic E-state index is 14.0. The zero-order valence-electron chi connectivity index (χ0n) is 12.8. The van der Waals surface area contributed by atoms with Crippen LogP contribution in [-0.4, -0.2) is 18.2 Å². The van der Waals surface area contributed by atoms with Crippen molar-refractivity contribution in [3.63, 3.8) is 0 Å². The van der Waals surface area contributed by atoms with Gasteiger partial charge in [-0.2, -0.15) is 13.2 Å². The lowest BCUT2D eigenvalue weighted by Gasteiger charge is -2.32. The third-order valence-electron chi connectivity index (χ3n) is 4.03. The fraction of sp³-hybridized carbons (Fsp3) is 0.471. The number of halogens is 4. The average molecular weight is 341 g/mol. The third kappa shape index (κ3) is 2.86. The number of amides is 1. The van der Waals surface area contributed by atoms with Crippen molar-refractivity contribution < 1.29 is 27.1 Å². The van der Waals surface area contributed by atoms with Crippen molar-refractivity contribution in [3.8, 4) is 11.8 Å². The lowest BCUT2D eigenvalue weighted by molar-refractivity contribution is -0.268. The average Bonchev–Trinajstić information content (AvgIpc) is 3.32. The molecular formula is C17H15F4NO2. The van der Waals surface area contributed by atoms with Crippen LogP contribution < -0.4 is 5.32 Å². The molecule has 0 aromatic heterocycles. The molecule has 0 unspecified atom stereocenters. The summed E-state index contributed by atoms with van der Waals surface area (Å²) in [5.41, 5.74) is -3.69. The smallest absolute Gasteiger partial charge is 0.337 e. The number of carbonyl (C=O) groups excluding carboxylic acids is 1.